The Morgan fingerprint density at radius 2 is 2.15 bits per heavy atom. The SMILES string of the molecule is CN(Cc1ccn(-c2ccccc2)n1)CC1CCCN1. The van der Waals surface area contributed by atoms with Crippen LogP contribution in [0.15, 0.2) is 42.6 Å². The molecule has 1 saturated heterocycles. The average molecular weight is 270 g/mol. The van der Waals surface area contributed by atoms with Gasteiger partial charge in [-0.15, -0.1) is 0 Å². The summed E-state index contributed by atoms with van der Waals surface area (Å²) in [5.74, 6) is 0. The highest BCUT2D eigenvalue weighted by Crippen LogP contribution is 2.10. The third kappa shape index (κ3) is 3.26. The predicted molar refractivity (Wildman–Crippen MR) is 80.9 cm³/mol. The number of nitrogens with one attached hydrogen (secondary N) is 1. The highest BCUT2D eigenvalue weighted by molar-refractivity contribution is 5.30. The van der Waals surface area contributed by atoms with Crippen molar-refractivity contribution in [2.24, 2.45) is 0 Å². The smallest absolute Gasteiger partial charge is 0.0769 e. The molecular formula is C16H22N4. The van der Waals surface area contributed by atoms with E-state index in [9.17, 15) is 0 Å². The van der Waals surface area contributed by atoms with E-state index in [4.69, 9.17) is 0 Å². The molecule has 2 aromatic rings. The highest BCUT2D eigenvalue weighted by atomic mass is 15.3. The van der Waals surface area contributed by atoms with Gasteiger partial charge in [0, 0.05) is 25.3 Å². The molecule has 20 heavy (non-hydrogen) atoms. The molecule has 1 N–H and O–H groups in total. The van der Waals surface area contributed by atoms with E-state index in [1.165, 1.54) is 19.4 Å². The molecule has 1 unspecified atom stereocenters. The minimum atomic E-state index is 0.649. The molecule has 1 aliphatic rings. The van der Waals surface area contributed by atoms with Crippen molar-refractivity contribution in [3.63, 3.8) is 0 Å². The van der Waals surface area contributed by atoms with Gasteiger partial charge in [-0.3, -0.25) is 4.90 Å². The monoisotopic (exact) mass is 270 g/mol. The molecule has 3 rings (SSSR count). The Morgan fingerprint density at radius 3 is 2.90 bits per heavy atom. The fourth-order valence-corrected chi connectivity index (χ4v) is 2.80. The van der Waals surface area contributed by atoms with E-state index in [-0.39, 0.29) is 0 Å². The van der Waals surface area contributed by atoms with Crippen molar-refractivity contribution in [1.29, 1.82) is 0 Å². The second-order valence-corrected chi connectivity index (χ2v) is 5.58. The van der Waals surface area contributed by atoms with Crippen molar-refractivity contribution in [2.45, 2.75) is 25.4 Å². The van der Waals surface area contributed by atoms with Gasteiger partial charge >= 0.3 is 0 Å². The number of aromatic nitrogens is 2. The third-order valence-corrected chi connectivity index (χ3v) is 3.79. The van der Waals surface area contributed by atoms with E-state index in [2.05, 4.69) is 40.6 Å². The van der Waals surface area contributed by atoms with Crippen LogP contribution in [0, 0.1) is 0 Å². The number of rotatable bonds is 5. The summed E-state index contributed by atoms with van der Waals surface area (Å²) in [4.78, 5) is 2.35. The van der Waals surface area contributed by atoms with Crippen LogP contribution in [0.4, 0.5) is 0 Å². The number of hydrogen-bond acceptors (Lipinski definition) is 3. The molecule has 1 aliphatic heterocycles. The quantitative estimate of drug-likeness (QED) is 0.903. The van der Waals surface area contributed by atoms with Crippen LogP contribution in [0.3, 0.4) is 0 Å². The number of hydrogen-bond donors (Lipinski definition) is 1. The summed E-state index contributed by atoms with van der Waals surface area (Å²) in [6.45, 7) is 3.16. The standard InChI is InChI=1S/C16H22N4/c1-19(12-14-6-5-10-17-14)13-15-9-11-20(18-15)16-7-3-2-4-8-16/h2-4,7-9,11,14,17H,5-6,10,12-13H2,1H3. The molecule has 1 aromatic carbocycles. The maximum atomic E-state index is 4.65. The summed E-state index contributed by atoms with van der Waals surface area (Å²) in [6.07, 6.45) is 4.64. The summed E-state index contributed by atoms with van der Waals surface area (Å²) in [5.41, 5.74) is 2.23. The summed E-state index contributed by atoms with van der Waals surface area (Å²) in [6, 6.07) is 13.0. The molecule has 0 amide bonds. The van der Waals surface area contributed by atoms with Crippen molar-refractivity contribution in [1.82, 2.24) is 20.0 Å². The van der Waals surface area contributed by atoms with Crippen molar-refractivity contribution in [2.75, 3.05) is 20.1 Å². The van der Waals surface area contributed by atoms with Gasteiger partial charge in [-0.25, -0.2) is 4.68 Å². The van der Waals surface area contributed by atoms with E-state index in [0.29, 0.717) is 6.04 Å². The average Bonchev–Trinajstić information content (AvgIpc) is 3.11. The number of likely N-dealkylation sites (N-methyl/N-ethyl adjacent to an activating group) is 1. The largest absolute Gasteiger partial charge is 0.313 e. The minimum absolute atomic E-state index is 0.649. The lowest BCUT2D eigenvalue weighted by Crippen LogP contribution is -2.35. The molecular weight excluding hydrogens is 248 g/mol. The lowest BCUT2D eigenvalue weighted by Gasteiger charge is -2.19. The van der Waals surface area contributed by atoms with Gasteiger partial charge in [-0.05, 0) is 44.6 Å². The maximum Gasteiger partial charge on any atom is 0.0769 e. The lowest BCUT2D eigenvalue weighted by atomic mass is 10.2. The summed E-state index contributed by atoms with van der Waals surface area (Å²) in [7, 11) is 2.17. The fraction of sp³-hybridized carbons (Fsp3) is 0.438. The van der Waals surface area contributed by atoms with Gasteiger partial charge in [-0.2, -0.15) is 5.10 Å². The fourth-order valence-electron chi connectivity index (χ4n) is 2.80. The zero-order valence-electron chi connectivity index (χ0n) is 12.0. The molecule has 1 aromatic heterocycles. The van der Waals surface area contributed by atoms with E-state index in [0.717, 1.165) is 24.5 Å². The van der Waals surface area contributed by atoms with Crippen molar-refractivity contribution >= 4 is 0 Å². The molecule has 1 fully saturated rings. The summed E-state index contributed by atoms with van der Waals surface area (Å²) in [5, 5.41) is 8.19. The molecule has 106 valence electrons. The van der Waals surface area contributed by atoms with Gasteiger partial charge in [-0.1, -0.05) is 18.2 Å². The number of para-hydroxylation sites is 1. The van der Waals surface area contributed by atoms with Gasteiger partial charge in [0.1, 0.15) is 0 Å². The Labute approximate surface area is 120 Å². The molecule has 0 spiro atoms. The Hall–Kier alpha value is -1.65. The van der Waals surface area contributed by atoms with Crippen LogP contribution < -0.4 is 5.32 Å². The maximum absolute atomic E-state index is 4.65. The molecule has 2 heterocycles. The van der Waals surface area contributed by atoms with E-state index >= 15 is 0 Å². The van der Waals surface area contributed by atoms with Crippen LogP contribution in [0.5, 0.6) is 0 Å². The first kappa shape index (κ1) is 13.3. The van der Waals surface area contributed by atoms with Gasteiger partial charge in [0.2, 0.25) is 0 Å². The van der Waals surface area contributed by atoms with Gasteiger partial charge < -0.3 is 5.32 Å². The predicted octanol–water partition coefficient (Wildman–Crippen LogP) is 2.06. The lowest BCUT2D eigenvalue weighted by molar-refractivity contribution is 0.289. The molecule has 0 radical (unpaired) electrons. The Balaban J connectivity index is 1.59. The molecule has 4 nitrogen and oxygen atoms in total. The Kier molecular flexibility index (Phi) is 4.14. The normalized spacial score (nSPS) is 18.8. The molecule has 1 atom stereocenters. The van der Waals surface area contributed by atoms with Crippen molar-refractivity contribution in [3.8, 4) is 5.69 Å². The molecule has 0 saturated carbocycles. The van der Waals surface area contributed by atoms with Crippen LogP contribution in [0.2, 0.25) is 0 Å². The van der Waals surface area contributed by atoms with Crippen LogP contribution in [0.25, 0.3) is 5.69 Å². The number of benzene rings is 1. The zero-order chi connectivity index (χ0) is 13.8. The van der Waals surface area contributed by atoms with Gasteiger partial charge in [0.25, 0.3) is 0 Å². The van der Waals surface area contributed by atoms with E-state index < -0.39 is 0 Å². The summed E-state index contributed by atoms with van der Waals surface area (Å²) < 4.78 is 1.94. The Bertz CT molecular complexity index is 528. The first-order chi connectivity index (χ1) is 9.81. The van der Waals surface area contributed by atoms with Crippen LogP contribution in [-0.2, 0) is 6.54 Å². The van der Waals surface area contributed by atoms with E-state index in [1.807, 2.05) is 29.1 Å². The Morgan fingerprint density at radius 1 is 1.30 bits per heavy atom. The van der Waals surface area contributed by atoms with Crippen LogP contribution in [0.1, 0.15) is 18.5 Å². The van der Waals surface area contributed by atoms with Crippen molar-refractivity contribution < 1.29 is 0 Å². The molecule has 4 heteroatoms. The van der Waals surface area contributed by atoms with Crippen molar-refractivity contribution in [3.05, 3.63) is 48.3 Å². The zero-order valence-corrected chi connectivity index (χ0v) is 12.0. The topological polar surface area (TPSA) is 33.1 Å². The number of nitrogens with zero attached hydrogens (tertiary/aromatic N) is 3. The van der Waals surface area contributed by atoms with Gasteiger partial charge in [0.05, 0.1) is 11.4 Å². The third-order valence-electron chi connectivity index (χ3n) is 3.79. The first-order valence-electron chi connectivity index (χ1n) is 7.33. The highest BCUT2D eigenvalue weighted by Gasteiger charge is 2.16. The first-order valence-corrected chi connectivity index (χ1v) is 7.33. The molecule has 0 aliphatic carbocycles. The summed E-state index contributed by atoms with van der Waals surface area (Å²) >= 11 is 0. The van der Waals surface area contributed by atoms with Crippen LogP contribution >= 0.6 is 0 Å². The van der Waals surface area contributed by atoms with E-state index in [1.54, 1.807) is 0 Å². The second-order valence-electron chi connectivity index (χ2n) is 5.58. The van der Waals surface area contributed by atoms with Gasteiger partial charge in [0.15, 0.2) is 0 Å². The second kappa shape index (κ2) is 6.20. The molecule has 0 bridgehead atoms. The van der Waals surface area contributed by atoms with Crippen LogP contribution in [-0.4, -0.2) is 40.9 Å². The minimum Gasteiger partial charge on any atom is -0.313 e.